The van der Waals surface area contributed by atoms with Gasteiger partial charge in [-0.1, -0.05) is 57.6 Å². The molecular formula is C18H27N3. The molecule has 2 rings (SSSR count). The lowest BCUT2D eigenvalue weighted by Gasteiger charge is -2.08. The van der Waals surface area contributed by atoms with E-state index in [0.717, 1.165) is 23.6 Å². The van der Waals surface area contributed by atoms with Crippen LogP contribution >= 0.6 is 0 Å². The van der Waals surface area contributed by atoms with Crippen molar-refractivity contribution in [1.29, 1.82) is 0 Å². The monoisotopic (exact) mass is 285 g/mol. The average molecular weight is 285 g/mol. The standard InChI is InChI=1S/C18H27N3/c1-2-3-4-5-6-7-8-13-21-14-12-20-18(21)16-10-9-11-17(19)15-16/h9-12,14-15H,2-8,13,19H2,1H3. The summed E-state index contributed by atoms with van der Waals surface area (Å²) < 4.78 is 2.24. The average Bonchev–Trinajstić information content (AvgIpc) is 2.95. The van der Waals surface area contributed by atoms with Gasteiger partial charge in [-0.3, -0.25) is 0 Å². The molecule has 0 amide bonds. The van der Waals surface area contributed by atoms with Gasteiger partial charge in [-0.15, -0.1) is 0 Å². The van der Waals surface area contributed by atoms with Crippen molar-refractivity contribution in [2.24, 2.45) is 0 Å². The van der Waals surface area contributed by atoms with E-state index in [0.29, 0.717) is 0 Å². The second kappa shape index (κ2) is 8.50. The number of rotatable bonds is 9. The Balaban J connectivity index is 1.81. The zero-order valence-electron chi connectivity index (χ0n) is 13.1. The van der Waals surface area contributed by atoms with Crippen molar-refractivity contribution < 1.29 is 0 Å². The molecule has 1 aromatic heterocycles. The first-order valence-electron chi connectivity index (χ1n) is 8.18. The molecule has 0 bridgehead atoms. The fourth-order valence-electron chi connectivity index (χ4n) is 2.67. The van der Waals surface area contributed by atoms with E-state index in [4.69, 9.17) is 5.73 Å². The third-order valence-electron chi connectivity index (χ3n) is 3.86. The number of unbranched alkanes of at least 4 members (excludes halogenated alkanes) is 6. The topological polar surface area (TPSA) is 43.8 Å². The summed E-state index contributed by atoms with van der Waals surface area (Å²) >= 11 is 0. The van der Waals surface area contributed by atoms with Gasteiger partial charge < -0.3 is 10.3 Å². The Hall–Kier alpha value is -1.77. The highest BCUT2D eigenvalue weighted by atomic mass is 15.1. The minimum absolute atomic E-state index is 0.790. The lowest BCUT2D eigenvalue weighted by molar-refractivity contribution is 0.552. The first kappa shape index (κ1) is 15.6. The zero-order chi connectivity index (χ0) is 14.9. The van der Waals surface area contributed by atoms with E-state index in [2.05, 4.69) is 28.7 Å². The molecule has 3 heteroatoms. The number of aryl methyl sites for hydroxylation is 1. The molecule has 0 aliphatic carbocycles. The van der Waals surface area contributed by atoms with Crippen molar-refractivity contribution in [3.8, 4) is 11.4 Å². The highest BCUT2D eigenvalue weighted by Gasteiger charge is 2.05. The Labute approximate surface area is 128 Å². The Morgan fingerprint density at radius 1 is 1.05 bits per heavy atom. The highest BCUT2D eigenvalue weighted by Crippen LogP contribution is 2.20. The van der Waals surface area contributed by atoms with Crippen LogP contribution in [0.2, 0.25) is 0 Å². The third kappa shape index (κ3) is 4.92. The van der Waals surface area contributed by atoms with E-state index in [1.807, 2.05) is 24.4 Å². The van der Waals surface area contributed by atoms with Crippen molar-refractivity contribution in [3.05, 3.63) is 36.7 Å². The fraction of sp³-hybridized carbons (Fsp3) is 0.500. The van der Waals surface area contributed by atoms with Gasteiger partial charge in [0.25, 0.3) is 0 Å². The van der Waals surface area contributed by atoms with E-state index in [-0.39, 0.29) is 0 Å². The number of benzene rings is 1. The second-order valence-electron chi connectivity index (χ2n) is 5.69. The largest absolute Gasteiger partial charge is 0.399 e. The number of nitrogens with zero attached hydrogens (tertiary/aromatic N) is 2. The molecule has 0 atom stereocenters. The summed E-state index contributed by atoms with van der Waals surface area (Å²) in [6, 6.07) is 7.95. The fourth-order valence-corrected chi connectivity index (χ4v) is 2.67. The highest BCUT2D eigenvalue weighted by molar-refractivity contribution is 5.61. The molecule has 2 N–H and O–H groups in total. The Kier molecular flexibility index (Phi) is 6.32. The summed E-state index contributed by atoms with van der Waals surface area (Å²) in [7, 11) is 0. The lowest BCUT2D eigenvalue weighted by atomic mass is 10.1. The third-order valence-corrected chi connectivity index (χ3v) is 3.86. The maximum Gasteiger partial charge on any atom is 0.139 e. The van der Waals surface area contributed by atoms with Crippen LogP contribution < -0.4 is 5.73 Å². The molecule has 2 aromatic rings. The molecule has 1 aromatic carbocycles. The molecule has 3 nitrogen and oxygen atoms in total. The van der Waals surface area contributed by atoms with E-state index >= 15 is 0 Å². The number of hydrogen-bond acceptors (Lipinski definition) is 2. The first-order valence-corrected chi connectivity index (χ1v) is 8.18. The minimum atomic E-state index is 0.790. The van der Waals surface area contributed by atoms with Crippen LogP contribution in [0, 0.1) is 0 Å². The van der Waals surface area contributed by atoms with Gasteiger partial charge in [0.2, 0.25) is 0 Å². The van der Waals surface area contributed by atoms with Crippen LogP contribution in [-0.2, 0) is 6.54 Å². The number of anilines is 1. The van der Waals surface area contributed by atoms with Crippen LogP contribution in [0.15, 0.2) is 36.7 Å². The van der Waals surface area contributed by atoms with Gasteiger partial charge in [-0.2, -0.15) is 0 Å². The smallest absolute Gasteiger partial charge is 0.139 e. The molecule has 0 aliphatic rings. The van der Waals surface area contributed by atoms with E-state index in [9.17, 15) is 0 Å². The summed E-state index contributed by atoms with van der Waals surface area (Å²) in [5.74, 6) is 1.02. The van der Waals surface area contributed by atoms with Crippen LogP contribution in [-0.4, -0.2) is 9.55 Å². The predicted molar refractivity (Wildman–Crippen MR) is 90.1 cm³/mol. The van der Waals surface area contributed by atoms with Crippen LogP contribution in [0.4, 0.5) is 5.69 Å². The molecule has 0 fully saturated rings. The molecule has 21 heavy (non-hydrogen) atoms. The SMILES string of the molecule is CCCCCCCCCn1ccnc1-c1cccc(N)c1. The summed E-state index contributed by atoms with van der Waals surface area (Å²) in [6.45, 7) is 3.30. The quantitative estimate of drug-likeness (QED) is 0.527. The van der Waals surface area contributed by atoms with Crippen LogP contribution in [0.1, 0.15) is 51.9 Å². The van der Waals surface area contributed by atoms with Gasteiger partial charge in [0.1, 0.15) is 5.82 Å². The Bertz CT molecular complexity index is 531. The van der Waals surface area contributed by atoms with Crippen LogP contribution in [0.3, 0.4) is 0 Å². The molecule has 114 valence electrons. The predicted octanol–water partition coefficient (Wildman–Crippen LogP) is 4.88. The number of nitrogen functional groups attached to an aromatic ring is 1. The Morgan fingerprint density at radius 2 is 1.81 bits per heavy atom. The van der Waals surface area contributed by atoms with Crippen molar-refractivity contribution in [1.82, 2.24) is 9.55 Å². The van der Waals surface area contributed by atoms with Crippen LogP contribution in [0.25, 0.3) is 11.4 Å². The summed E-state index contributed by atoms with van der Waals surface area (Å²) in [4.78, 5) is 4.47. The zero-order valence-corrected chi connectivity index (χ0v) is 13.1. The van der Waals surface area contributed by atoms with Crippen molar-refractivity contribution in [2.45, 2.75) is 58.4 Å². The van der Waals surface area contributed by atoms with Crippen molar-refractivity contribution in [2.75, 3.05) is 5.73 Å². The summed E-state index contributed by atoms with van der Waals surface area (Å²) in [5, 5.41) is 0. The molecule has 0 aliphatic heterocycles. The van der Waals surface area contributed by atoms with E-state index in [1.165, 1.54) is 44.9 Å². The molecule has 0 unspecified atom stereocenters. The maximum absolute atomic E-state index is 5.86. The van der Waals surface area contributed by atoms with Crippen LogP contribution in [0.5, 0.6) is 0 Å². The van der Waals surface area contributed by atoms with Gasteiger partial charge in [0.05, 0.1) is 0 Å². The van der Waals surface area contributed by atoms with Gasteiger partial charge in [-0.05, 0) is 18.6 Å². The molecule has 1 heterocycles. The number of hydrogen-bond donors (Lipinski definition) is 1. The maximum atomic E-state index is 5.86. The van der Waals surface area contributed by atoms with Crippen molar-refractivity contribution in [3.63, 3.8) is 0 Å². The van der Waals surface area contributed by atoms with Gasteiger partial charge in [-0.25, -0.2) is 4.98 Å². The second-order valence-corrected chi connectivity index (χ2v) is 5.69. The first-order chi connectivity index (χ1) is 10.3. The summed E-state index contributed by atoms with van der Waals surface area (Å²) in [6.07, 6.45) is 13.3. The molecule has 0 radical (unpaired) electrons. The number of imidazole rings is 1. The van der Waals surface area contributed by atoms with Gasteiger partial charge >= 0.3 is 0 Å². The van der Waals surface area contributed by atoms with Gasteiger partial charge in [0.15, 0.2) is 0 Å². The molecule has 0 saturated heterocycles. The number of nitrogens with two attached hydrogens (primary N) is 1. The molecule has 0 spiro atoms. The normalized spacial score (nSPS) is 10.9. The van der Waals surface area contributed by atoms with E-state index < -0.39 is 0 Å². The number of aromatic nitrogens is 2. The summed E-state index contributed by atoms with van der Waals surface area (Å²) in [5.41, 5.74) is 7.75. The lowest BCUT2D eigenvalue weighted by Crippen LogP contribution is -2.00. The molecular weight excluding hydrogens is 258 g/mol. The van der Waals surface area contributed by atoms with Crippen molar-refractivity contribution >= 4 is 5.69 Å². The van der Waals surface area contributed by atoms with Gasteiger partial charge in [0, 0.05) is 30.2 Å². The minimum Gasteiger partial charge on any atom is -0.399 e. The van der Waals surface area contributed by atoms with E-state index in [1.54, 1.807) is 0 Å². The Morgan fingerprint density at radius 3 is 2.57 bits per heavy atom. The molecule has 0 saturated carbocycles.